The Labute approximate surface area is 124 Å². The van der Waals surface area contributed by atoms with Crippen molar-refractivity contribution in [3.63, 3.8) is 0 Å². The molecule has 0 bridgehead atoms. The van der Waals surface area contributed by atoms with Gasteiger partial charge < -0.3 is 15.4 Å². The fourth-order valence-corrected chi connectivity index (χ4v) is 2.57. The molecule has 0 amide bonds. The van der Waals surface area contributed by atoms with Gasteiger partial charge in [-0.3, -0.25) is 0 Å². The summed E-state index contributed by atoms with van der Waals surface area (Å²) in [6.07, 6.45) is 3.32. The average Bonchev–Trinajstić information content (AvgIpc) is 2.69. The summed E-state index contributed by atoms with van der Waals surface area (Å²) in [5, 5.41) is 0. The quantitative estimate of drug-likeness (QED) is 0.932. The Kier molecular flexibility index (Phi) is 3.85. The number of ether oxygens (including phenoxy) is 1. The smallest absolute Gasteiger partial charge is 0.323 e. The number of aryl methyl sites for hydroxylation is 1. The third-order valence-corrected chi connectivity index (χ3v) is 3.50. The third-order valence-electron chi connectivity index (χ3n) is 3.50. The lowest BCUT2D eigenvalue weighted by Gasteiger charge is -2.23. The lowest BCUT2D eigenvalue weighted by atomic mass is 10.1. The second-order valence-corrected chi connectivity index (χ2v) is 4.95. The van der Waals surface area contributed by atoms with Gasteiger partial charge in [0.05, 0.1) is 6.61 Å². The molecule has 1 aromatic heterocycles. The van der Waals surface area contributed by atoms with E-state index in [0.717, 1.165) is 31.5 Å². The monoisotopic (exact) mass is 285 g/mol. The first-order valence-corrected chi connectivity index (χ1v) is 7.27. The maximum atomic E-state index is 5.79. The van der Waals surface area contributed by atoms with E-state index in [4.69, 9.17) is 10.5 Å². The van der Waals surface area contributed by atoms with E-state index < -0.39 is 0 Å². The van der Waals surface area contributed by atoms with Crippen LogP contribution in [0.3, 0.4) is 0 Å². The lowest BCUT2D eigenvalue weighted by molar-refractivity contribution is 0.312. The van der Waals surface area contributed by atoms with Gasteiger partial charge in [0.15, 0.2) is 0 Å². The van der Waals surface area contributed by atoms with Crippen molar-refractivity contribution in [2.45, 2.75) is 26.2 Å². The number of fused-ring (bicyclic) bond motifs is 1. The zero-order chi connectivity index (χ0) is 14.7. The Bertz CT molecular complexity index is 631. The fourth-order valence-electron chi connectivity index (χ4n) is 2.57. The molecular weight excluding hydrogens is 266 g/mol. The van der Waals surface area contributed by atoms with Crippen LogP contribution in [0.2, 0.25) is 0 Å². The van der Waals surface area contributed by atoms with Gasteiger partial charge in [0, 0.05) is 12.2 Å². The molecule has 110 valence electrons. The molecule has 1 aliphatic rings. The summed E-state index contributed by atoms with van der Waals surface area (Å²) in [5.41, 5.74) is 8.24. The molecule has 1 aliphatic heterocycles. The number of nitrogen functional groups attached to an aromatic ring is 1. The van der Waals surface area contributed by atoms with Crippen molar-refractivity contribution in [2.75, 3.05) is 23.8 Å². The minimum absolute atomic E-state index is 0.185. The SMILES string of the molecule is CCOc1nc(N)nc(N2CCCCc3ccccc32)n1. The summed E-state index contributed by atoms with van der Waals surface area (Å²) < 4.78 is 5.37. The highest BCUT2D eigenvalue weighted by Gasteiger charge is 2.20. The molecule has 2 aromatic rings. The number of rotatable bonds is 3. The number of para-hydroxylation sites is 1. The molecule has 0 saturated heterocycles. The molecule has 2 heterocycles. The highest BCUT2D eigenvalue weighted by Crippen LogP contribution is 2.31. The van der Waals surface area contributed by atoms with Gasteiger partial charge in [-0.15, -0.1) is 0 Å². The van der Waals surface area contributed by atoms with E-state index in [2.05, 4.69) is 38.1 Å². The Hall–Kier alpha value is -2.37. The van der Waals surface area contributed by atoms with E-state index in [9.17, 15) is 0 Å². The third kappa shape index (κ3) is 2.89. The van der Waals surface area contributed by atoms with Crippen LogP contribution in [0.5, 0.6) is 6.01 Å². The van der Waals surface area contributed by atoms with E-state index in [1.807, 2.05) is 13.0 Å². The molecule has 0 saturated carbocycles. The molecule has 0 fully saturated rings. The molecular formula is C15H19N5O. The Morgan fingerprint density at radius 2 is 2.05 bits per heavy atom. The summed E-state index contributed by atoms with van der Waals surface area (Å²) >= 11 is 0. The predicted molar refractivity (Wildman–Crippen MR) is 81.8 cm³/mol. The summed E-state index contributed by atoms with van der Waals surface area (Å²) in [6.45, 7) is 3.26. The van der Waals surface area contributed by atoms with Crippen LogP contribution >= 0.6 is 0 Å². The number of benzene rings is 1. The number of aromatic nitrogens is 3. The maximum Gasteiger partial charge on any atom is 0.323 e. The maximum absolute atomic E-state index is 5.79. The number of nitrogens with two attached hydrogens (primary N) is 1. The molecule has 0 aliphatic carbocycles. The van der Waals surface area contributed by atoms with Gasteiger partial charge in [0.2, 0.25) is 11.9 Å². The first-order valence-electron chi connectivity index (χ1n) is 7.27. The van der Waals surface area contributed by atoms with Gasteiger partial charge >= 0.3 is 6.01 Å². The zero-order valence-electron chi connectivity index (χ0n) is 12.1. The first kappa shape index (κ1) is 13.6. The molecule has 1 aromatic carbocycles. The Balaban J connectivity index is 2.03. The van der Waals surface area contributed by atoms with E-state index in [1.165, 1.54) is 5.56 Å². The van der Waals surface area contributed by atoms with Crippen molar-refractivity contribution in [2.24, 2.45) is 0 Å². The predicted octanol–water partition coefficient (Wildman–Crippen LogP) is 2.33. The summed E-state index contributed by atoms with van der Waals surface area (Å²) in [5.74, 6) is 0.741. The summed E-state index contributed by atoms with van der Waals surface area (Å²) in [4.78, 5) is 14.8. The van der Waals surface area contributed by atoms with Crippen molar-refractivity contribution < 1.29 is 4.74 Å². The van der Waals surface area contributed by atoms with Crippen LogP contribution in [-0.4, -0.2) is 28.1 Å². The van der Waals surface area contributed by atoms with Gasteiger partial charge in [-0.25, -0.2) is 0 Å². The second-order valence-electron chi connectivity index (χ2n) is 4.95. The number of nitrogens with zero attached hydrogens (tertiary/aromatic N) is 4. The normalized spacial score (nSPS) is 14.4. The fraction of sp³-hybridized carbons (Fsp3) is 0.400. The minimum Gasteiger partial charge on any atom is -0.464 e. The topological polar surface area (TPSA) is 77.2 Å². The van der Waals surface area contributed by atoms with Crippen LogP contribution in [-0.2, 0) is 6.42 Å². The van der Waals surface area contributed by atoms with Crippen LogP contribution in [0.15, 0.2) is 24.3 Å². The number of hydrogen-bond acceptors (Lipinski definition) is 6. The Morgan fingerprint density at radius 1 is 1.19 bits per heavy atom. The summed E-state index contributed by atoms with van der Waals surface area (Å²) in [6, 6.07) is 8.63. The standard InChI is InChI=1S/C15H19N5O/c1-2-21-15-18-13(16)17-14(19-15)20-10-6-5-8-11-7-3-4-9-12(11)20/h3-4,7,9H,2,5-6,8,10H2,1H3,(H2,16,17,18,19). The van der Waals surface area contributed by atoms with Crippen LogP contribution in [0.4, 0.5) is 17.6 Å². The van der Waals surface area contributed by atoms with Crippen LogP contribution in [0, 0.1) is 0 Å². The Morgan fingerprint density at radius 3 is 2.90 bits per heavy atom. The summed E-state index contributed by atoms with van der Waals surface area (Å²) in [7, 11) is 0. The molecule has 2 N–H and O–H groups in total. The van der Waals surface area contributed by atoms with Crippen molar-refractivity contribution in [3.05, 3.63) is 29.8 Å². The number of anilines is 3. The van der Waals surface area contributed by atoms with Crippen LogP contribution in [0.1, 0.15) is 25.3 Å². The van der Waals surface area contributed by atoms with E-state index in [0.29, 0.717) is 12.6 Å². The average molecular weight is 285 g/mol. The van der Waals surface area contributed by atoms with Crippen molar-refractivity contribution in [1.82, 2.24) is 15.0 Å². The second kappa shape index (κ2) is 5.95. The zero-order valence-corrected chi connectivity index (χ0v) is 12.1. The highest BCUT2D eigenvalue weighted by molar-refractivity contribution is 5.63. The van der Waals surface area contributed by atoms with Crippen molar-refractivity contribution in [3.8, 4) is 6.01 Å². The number of hydrogen-bond donors (Lipinski definition) is 1. The molecule has 6 nitrogen and oxygen atoms in total. The van der Waals surface area contributed by atoms with Crippen LogP contribution < -0.4 is 15.4 Å². The van der Waals surface area contributed by atoms with Gasteiger partial charge in [0.1, 0.15) is 0 Å². The highest BCUT2D eigenvalue weighted by atomic mass is 16.5. The van der Waals surface area contributed by atoms with Crippen molar-refractivity contribution >= 4 is 17.6 Å². The molecule has 6 heteroatoms. The van der Waals surface area contributed by atoms with Crippen LogP contribution in [0.25, 0.3) is 0 Å². The molecule has 21 heavy (non-hydrogen) atoms. The lowest BCUT2D eigenvalue weighted by Crippen LogP contribution is -2.21. The molecule has 0 radical (unpaired) electrons. The van der Waals surface area contributed by atoms with E-state index in [-0.39, 0.29) is 12.0 Å². The molecule has 0 atom stereocenters. The van der Waals surface area contributed by atoms with Gasteiger partial charge in [-0.05, 0) is 37.8 Å². The molecule has 3 rings (SSSR count). The molecule has 0 spiro atoms. The minimum atomic E-state index is 0.185. The van der Waals surface area contributed by atoms with Gasteiger partial charge in [-0.2, -0.15) is 15.0 Å². The molecule has 0 unspecified atom stereocenters. The van der Waals surface area contributed by atoms with Crippen molar-refractivity contribution in [1.29, 1.82) is 0 Å². The van der Waals surface area contributed by atoms with Gasteiger partial charge in [-0.1, -0.05) is 18.2 Å². The largest absolute Gasteiger partial charge is 0.464 e. The van der Waals surface area contributed by atoms with E-state index in [1.54, 1.807) is 0 Å². The first-order chi connectivity index (χ1) is 10.3. The van der Waals surface area contributed by atoms with E-state index >= 15 is 0 Å². The van der Waals surface area contributed by atoms with Gasteiger partial charge in [0.25, 0.3) is 0 Å².